The number of aliphatic hydroxyl groups is 1. The molecular formula is C22H18FN3O3S. The molecule has 6 nitrogen and oxygen atoms in total. The van der Waals surface area contributed by atoms with E-state index in [-0.39, 0.29) is 22.0 Å². The summed E-state index contributed by atoms with van der Waals surface area (Å²) in [5.74, 6) is -2.71. The van der Waals surface area contributed by atoms with E-state index >= 15 is 0 Å². The molecule has 1 aliphatic heterocycles. The maximum absolute atomic E-state index is 14.8. The van der Waals surface area contributed by atoms with Crippen LogP contribution in [0.4, 0.5) is 9.52 Å². The predicted octanol–water partition coefficient (Wildman–Crippen LogP) is 4.23. The van der Waals surface area contributed by atoms with Crippen molar-refractivity contribution in [2.75, 3.05) is 4.90 Å². The number of halogens is 1. The predicted molar refractivity (Wildman–Crippen MR) is 112 cm³/mol. The van der Waals surface area contributed by atoms with Gasteiger partial charge < -0.3 is 5.11 Å². The van der Waals surface area contributed by atoms with Crippen LogP contribution in [-0.4, -0.2) is 27.0 Å². The number of anilines is 1. The van der Waals surface area contributed by atoms with Gasteiger partial charge in [0, 0.05) is 11.1 Å². The van der Waals surface area contributed by atoms with Crippen molar-refractivity contribution in [2.45, 2.75) is 26.8 Å². The highest BCUT2D eigenvalue weighted by atomic mass is 32.1. The van der Waals surface area contributed by atoms with E-state index in [0.29, 0.717) is 10.6 Å². The molecular weight excluding hydrogens is 405 g/mol. The Morgan fingerprint density at radius 1 is 1.10 bits per heavy atom. The smallest absolute Gasteiger partial charge is 0.301 e. The van der Waals surface area contributed by atoms with Gasteiger partial charge in [-0.25, -0.2) is 4.39 Å². The Labute approximate surface area is 176 Å². The van der Waals surface area contributed by atoms with Gasteiger partial charge in [0.2, 0.25) is 5.13 Å². The highest BCUT2D eigenvalue weighted by molar-refractivity contribution is 7.15. The fourth-order valence-corrected chi connectivity index (χ4v) is 4.25. The first-order chi connectivity index (χ1) is 14.3. The largest absolute Gasteiger partial charge is 0.507 e. The van der Waals surface area contributed by atoms with Crippen LogP contribution < -0.4 is 4.90 Å². The minimum Gasteiger partial charge on any atom is -0.507 e. The fraction of sp³-hybridized carbons (Fsp3) is 0.182. The summed E-state index contributed by atoms with van der Waals surface area (Å²) in [6.45, 7) is 5.36. The number of ketones is 1. The van der Waals surface area contributed by atoms with E-state index < -0.39 is 23.5 Å². The first-order valence-electron chi connectivity index (χ1n) is 9.22. The summed E-state index contributed by atoms with van der Waals surface area (Å²) in [5.41, 5.74) is 1.94. The molecule has 1 saturated heterocycles. The van der Waals surface area contributed by atoms with Crippen LogP contribution in [0.3, 0.4) is 0 Å². The molecule has 0 radical (unpaired) electrons. The summed E-state index contributed by atoms with van der Waals surface area (Å²) < 4.78 is 14.8. The van der Waals surface area contributed by atoms with Gasteiger partial charge in [-0.2, -0.15) is 0 Å². The van der Waals surface area contributed by atoms with E-state index in [2.05, 4.69) is 10.2 Å². The van der Waals surface area contributed by atoms with Gasteiger partial charge in [0.25, 0.3) is 5.78 Å². The van der Waals surface area contributed by atoms with Crippen molar-refractivity contribution in [1.29, 1.82) is 0 Å². The number of carbonyl (C=O) groups is 2. The van der Waals surface area contributed by atoms with Crippen LogP contribution in [0.2, 0.25) is 0 Å². The Balaban J connectivity index is 2.01. The first-order valence-corrected chi connectivity index (χ1v) is 10.0. The van der Waals surface area contributed by atoms with Gasteiger partial charge in [-0.1, -0.05) is 47.2 Å². The molecule has 3 aromatic rings. The lowest BCUT2D eigenvalue weighted by atomic mass is 9.93. The molecule has 1 fully saturated rings. The number of aliphatic hydroxyl groups excluding tert-OH is 1. The lowest BCUT2D eigenvalue weighted by Gasteiger charge is -2.23. The van der Waals surface area contributed by atoms with Gasteiger partial charge in [-0.15, -0.1) is 10.2 Å². The van der Waals surface area contributed by atoms with Crippen LogP contribution in [-0.2, 0) is 9.59 Å². The average molecular weight is 423 g/mol. The Kier molecular flexibility index (Phi) is 4.95. The van der Waals surface area contributed by atoms with Gasteiger partial charge in [-0.05, 0) is 38.5 Å². The Morgan fingerprint density at radius 2 is 1.83 bits per heavy atom. The molecule has 1 aliphatic rings. The molecule has 1 aromatic heterocycles. The third kappa shape index (κ3) is 3.19. The first kappa shape index (κ1) is 19.9. The minimum absolute atomic E-state index is 0.0939. The number of nitrogens with zero attached hydrogens (tertiary/aromatic N) is 3. The molecule has 1 N–H and O–H groups in total. The van der Waals surface area contributed by atoms with Crippen LogP contribution >= 0.6 is 11.3 Å². The number of benzene rings is 2. The van der Waals surface area contributed by atoms with Gasteiger partial charge in [0.1, 0.15) is 22.6 Å². The molecule has 152 valence electrons. The van der Waals surface area contributed by atoms with E-state index in [1.165, 1.54) is 18.2 Å². The molecule has 0 spiro atoms. The summed E-state index contributed by atoms with van der Waals surface area (Å²) in [5, 5.41) is 19.8. The molecule has 2 heterocycles. The monoisotopic (exact) mass is 423 g/mol. The van der Waals surface area contributed by atoms with Gasteiger partial charge in [0.15, 0.2) is 0 Å². The Bertz CT molecular complexity index is 1220. The van der Waals surface area contributed by atoms with Crippen LogP contribution in [0.5, 0.6) is 0 Å². The average Bonchev–Trinajstić information content (AvgIpc) is 3.25. The van der Waals surface area contributed by atoms with Crippen molar-refractivity contribution in [3.8, 4) is 0 Å². The summed E-state index contributed by atoms with van der Waals surface area (Å²) in [6, 6.07) is 10.1. The third-order valence-corrected chi connectivity index (χ3v) is 5.85. The maximum Gasteiger partial charge on any atom is 0.301 e. The molecule has 30 heavy (non-hydrogen) atoms. The lowest BCUT2D eigenvalue weighted by molar-refractivity contribution is -0.132. The van der Waals surface area contributed by atoms with Crippen molar-refractivity contribution in [1.82, 2.24) is 10.2 Å². The summed E-state index contributed by atoms with van der Waals surface area (Å²) >= 11 is 1.11. The summed E-state index contributed by atoms with van der Waals surface area (Å²) in [6.07, 6.45) is 0. The van der Waals surface area contributed by atoms with Crippen molar-refractivity contribution in [3.05, 3.63) is 81.1 Å². The SMILES string of the molecule is Cc1ccc(C)c(C(O)=C2C(=O)C(=O)N(c3nnc(C)s3)C2c2ccccc2F)c1. The van der Waals surface area contributed by atoms with E-state index in [0.717, 1.165) is 27.4 Å². The number of amides is 1. The lowest BCUT2D eigenvalue weighted by Crippen LogP contribution is -2.29. The molecule has 1 amide bonds. The number of hydrogen-bond donors (Lipinski definition) is 1. The number of rotatable bonds is 3. The fourth-order valence-electron chi connectivity index (χ4n) is 3.54. The molecule has 1 unspecified atom stereocenters. The van der Waals surface area contributed by atoms with Crippen LogP contribution in [0.15, 0.2) is 48.0 Å². The summed E-state index contributed by atoms with van der Waals surface area (Å²) in [7, 11) is 0. The maximum atomic E-state index is 14.8. The molecule has 1 atom stereocenters. The Hall–Kier alpha value is -3.39. The number of aromatic nitrogens is 2. The summed E-state index contributed by atoms with van der Waals surface area (Å²) in [4.78, 5) is 27.1. The van der Waals surface area contributed by atoms with Gasteiger partial charge >= 0.3 is 5.91 Å². The molecule has 0 aliphatic carbocycles. The van der Waals surface area contributed by atoms with Gasteiger partial charge in [-0.3, -0.25) is 14.5 Å². The zero-order valence-electron chi connectivity index (χ0n) is 16.5. The topological polar surface area (TPSA) is 83.4 Å². The quantitative estimate of drug-likeness (QED) is 0.387. The molecule has 4 rings (SSSR count). The second-order valence-electron chi connectivity index (χ2n) is 7.11. The zero-order valence-corrected chi connectivity index (χ0v) is 17.3. The van der Waals surface area contributed by atoms with E-state index in [9.17, 15) is 19.1 Å². The normalized spacial score (nSPS) is 18.3. The van der Waals surface area contributed by atoms with E-state index in [1.54, 1.807) is 26.0 Å². The highest BCUT2D eigenvalue weighted by Crippen LogP contribution is 2.43. The van der Waals surface area contributed by atoms with Crippen molar-refractivity contribution < 1.29 is 19.1 Å². The van der Waals surface area contributed by atoms with E-state index in [1.807, 2.05) is 19.1 Å². The van der Waals surface area contributed by atoms with Crippen molar-refractivity contribution in [3.63, 3.8) is 0 Å². The van der Waals surface area contributed by atoms with Crippen molar-refractivity contribution in [2.24, 2.45) is 0 Å². The van der Waals surface area contributed by atoms with Gasteiger partial charge in [0.05, 0.1) is 5.57 Å². The zero-order chi connectivity index (χ0) is 21.6. The molecule has 2 aromatic carbocycles. The molecule has 0 saturated carbocycles. The number of hydrogen-bond acceptors (Lipinski definition) is 6. The highest BCUT2D eigenvalue weighted by Gasteiger charge is 2.49. The number of aryl methyl sites for hydroxylation is 3. The number of Topliss-reactive ketones (excluding diaryl/α,β-unsaturated/α-hetero) is 1. The second-order valence-corrected chi connectivity index (χ2v) is 8.27. The van der Waals surface area contributed by atoms with E-state index in [4.69, 9.17) is 0 Å². The Morgan fingerprint density at radius 3 is 2.50 bits per heavy atom. The second kappa shape index (κ2) is 7.46. The third-order valence-electron chi connectivity index (χ3n) is 5.01. The van der Waals surface area contributed by atoms with Crippen LogP contribution in [0, 0.1) is 26.6 Å². The number of carbonyl (C=O) groups excluding carboxylic acids is 2. The standard InChI is InChI=1S/C22H18FN3O3S/c1-11-8-9-12(2)15(10-11)19(27)17-18(14-6-4-5-7-16(14)23)26(21(29)20(17)28)22-25-24-13(3)30-22/h4-10,18,27H,1-3H3. The van der Waals surface area contributed by atoms with Crippen LogP contribution in [0.25, 0.3) is 5.76 Å². The van der Waals surface area contributed by atoms with Crippen LogP contribution in [0.1, 0.15) is 33.3 Å². The minimum atomic E-state index is -1.15. The molecule has 8 heteroatoms. The van der Waals surface area contributed by atoms with Crippen molar-refractivity contribution >= 4 is 33.9 Å². The molecule has 0 bridgehead atoms.